The van der Waals surface area contributed by atoms with Gasteiger partial charge >= 0.3 is 0 Å². The lowest BCUT2D eigenvalue weighted by Crippen LogP contribution is -2.37. The van der Waals surface area contributed by atoms with Crippen molar-refractivity contribution in [3.05, 3.63) is 29.6 Å². The van der Waals surface area contributed by atoms with E-state index in [4.69, 9.17) is 0 Å². The molecule has 1 saturated heterocycles. The molecule has 1 amide bonds. The fourth-order valence-electron chi connectivity index (χ4n) is 2.13. The molecule has 0 saturated carbocycles. The summed E-state index contributed by atoms with van der Waals surface area (Å²) >= 11 is 0. The molecule has 4 heteroatoms. The molecular formula is C13H17FN2O. The number of hydrogen-bond donors (Lipinski definition) is 2. The van der Waals surface area contributed by atoms with Crippen LogP contribution in [0.4, 0.5) is 10.1 Å². The molecule has 1 aliphatic heterocycles. The summed E-state index contributed by atoms with van der Waals surface area (Å²) in [6.07, 6.45) is 1.91. The van der Waals surface area contributed by atoms with E-state index >= 15 is 0 Å². The molecule has 17 heavy (non-hydrogen) atoms. The van der Waals surface area contributed by atoms with Gasteiger partial charge in [-0.15, -0.1) is 0 Å². The molecule has 3 nitrogen and oxygen atoms in total. The van der Waals surface area contributed by atoms with Gasteiger partial charge in [-0.1, -0.05) is 0 Å². The van der Waals surface area contributed by atoms with Crippen LogP contribution in [0.2, 0.25) is 0 Å². The first-order valence-corrected chi connectivity index (χ1v) is 5.94. The highest BCUT2D eigenvalue weighted by molar-refractivity contribution is 5.92. The summed E-state index contributed by atoms with van der Waals surface area (Å²) in [7, 11) is 0. The fraction of sp³-hybridized carbons (Fsp3) is 0.462. The molecular weight excluding hydrogens is 219 g/mol. The number of carbonyl (C=O) groups is 1. The van der Waals surface area contributed by atoms with Gasteiger partial charge in [0.25, 0.3) is 0 Å². The third-order valence-corrected chi connectivity index (χ3v) is 2.98. The van der Waals surface area contributed by atoms with Crippen LogP contribution in [0.1, 0.15) is 18.4 Å². The van der Waals surface area contributed by atoms with Gasteiger partial charge < -0.3 is 10.6 Å². The first-order chi connectivity index (χ1) is 8.15. The van der Waals surface area contributed by atoms with E-state index in [1.807, 2.05) is 0 Å². The molecule has 92 valence electrons. The van der Waals surface area contributed by atoms with Crippen LogP contribution >= 0.6 is 0 Å². The zero-order valence-corrected chi connectivity index (χ0v) is 9.92. The van der Waals surface area contributed by atoms with Crippen LogP contribution in [0.25, 0.3) is 0 Å². The lowest BCUT2D eigenvalue weighted by molar-refractivity contribution is -0.120. The van der Waals surface area contributed by atoms with Gasteiger partial charge in [0.15, 0.2) is 0 Å². The van der Waals surface area contributed by atoms with Crippen molar-refractivity contribution >= 4 is 11.6 Å². The lowest BCUT2D eigenvalue weighted by Gasteiger charge is -2.21. The second kappa shape index (κ2) is 5.27. The van der Waals surface area contributed by atoms with Crippen molar-refractivity contribution in [2.24, 2.45) is 5.92 Å². The van der Waals surface area contributed by atoms with Crippen LogP contribution in [0.15, 0.2) is 18.2 Å². The minimum atomic E-state index is -0.318. The van der Waals surface area contributed by atoms with E-state index in [2.05, 4.69) is 10.6 Å². The van der Waals surface area contributed by atoms with Crippen LogP contribution in [0, 0.1) is 18.7 Å². The fourth-order valence-corrected chi connectivity index (χ4v) is 2.13. The average molecular weight is 236 g/mol. The molecule has 1 fully saturated rings. The highest BCUT2D eigenvalue weighted by atomic mass is 19.1. The molecule has 0 spiro atoms. The topological polar surface area (TPSA) is 41.1 Å². The van der Waals surface area contributed by atoms with Gasteiger partial charge in [-0.25, -0.2) is 4.39 Å². The summed E-state index contributed by atoms with van der Waals surface area (Å²) in [5, 5.41) is 5.96. The van der Waals surface area contributed by atoms with Gasteiger partial charge in [0.1, 0.15) is 5.82 Å². The third kappa shape index (κ3) is 3.27. The first-order valence-electron chi connectivity index (χ1n) is 5.94. The summed E-state index contributed by atoms with van der Waals surface area (Å²) in [4.78, 5) is 11.9. The van der Waals surface area contributed by atoms with Crippen molar-refractivity contribution in [3.8, 4) is 0 Å². The predicted octanol–water partition coefficient (Wildman–Crippen LogP) is 2.07. The molecule has 0 aliphatic carbocycles. The molecule has 1 aromatic carbocycles. The number of benzene rings is 1. The molecule has 2 N–H and O–H groups in total. The Balaban J connectivity index is 2.01. The minimum Gasteiger partial charge on any atom is -0.326 e. The Morgan fingerprint density at radius 3 is 2.94 bits per heavy atom. The van der Waals surface area contributed by atoms with Gasteiger partial charge in [0, 0.05) is 12.2 Å². The van der Waals surface area contributed by atoms with Crippen molar-refractivity contribution in [2.45, 2.75) is 19.8 Å². The molecule has 1 unspecified atom stereocenters. The third-order valence-electron chi connectivity index (χ3n) is 2.98. The smallest absolute Gasteiger partial charge is 0.228 e. The van der Waals surface area contributed by atoms with E-state index in [-0.39, 0.29) is 17.6 Å². The van der Waals surface area contributed by atoms with Crippen LogP contribution in [-0.4, -0.2) is 19.0 Å². The van der Waals surface area contributed by atoms with Crippen molar-refractivity contribution in [1.29, 1.82) is 0 Å². The highest BCUT2D eigenvalue weighted by Gasteiger charge is 2.20. The molecule has 1 heterocycles. The Labute approximate surface area is 100 Å². The Hall–Kier alpha value is -1.42. The normalized spacial score (nSPS) is 20.0. The Morgan fingerprint density at radius 2 is 2.29 bits per heavy atom. The summed E-state index contributed by atoms with van der Waals surface area (Å²) in [5.41, 5.74) is 1.35. The van der Waals surface area contributed by atoms with Gasteiger partial charge in [-0.2, -0.15) is 0 Å². The van der Waals surface area contributed by atoms with E-state index in [1.54, 1.807) is 13.0 Å². The molecule has 1 aromatic rings. The Morgan fingerprint density at radius 1 is 1.47 bits per heavy atom. The van der Waals surface area contributed by atoms with Gasteiger partial charge in [-0.3, -0.25) is 4.79 Å². The van der Waals surface area contributed by atoms with Gasteiger partial charge in [0.2, 0.25) is 5.91 Å². The van der Waals surface area contributed by atoms with Crippen LogP contribution in [-0.2, 0) is 4.79 Å². The molecule has 1 atom stereocenters. The average Bonchev–Trinajstić information content (AvgIpc) is 2.28. The van der Waals surface area contributed by atoms with E-state index in [0.717, 1.165) is 24.9 Å². The van der Waals surface area contributed by atoms with E-state index < -0.39 is 0 Å². The summed E-state index contributed by atoms with van der Waals surface area (Å²) in [6.45, 7) is 3.49. The van der Waals surface area contributed by atoms with Crippen LogP contribution in [0.5, 0.6) is 0 Å². The summed E-state index contributed by atoms with van der Waals surface area (Å²) in [5.74, 6) is -0.350. The number of rotatable bonds is 2. The van der Waals surface area contributed by atoms with Crippen LogP contribution < -0.4 is 10.6 Å². The zero-order chi connectivity index (χ0) is 12.3. The van der Waals surface area contributed by atoms with E-state index in [0.29, 0.717) is 12.2 Å². The Kier molecular flexibility index (Phi) is 3.74. The van der Waals surface area contributed by atoms with Crippen molar-refractivity contribution in [3.63, 3.8) is 0 Å². The van der Waals surface area contributed by atoms with Gasteiger partial charge in [0.05, 0.1) is 5.92 Å². The lowest BCUT2D eigenvalue weighted by atomic mass is 9.99. The second-order valence-corrected chi connectivity index (χ2v) is 4.55. The quantitative estimate of drug-likeness (QED) is 0.825. The molecule has 1 aliphatic rings. The maximum Gasteiger partial charge on any atom is 0.228 e. The van der Waals surface area contributed by atoms with Gasteiger partial charge in [-0.05, 0) is 50.1 Å². The van der Waals surface area contributed by atoms with Crippen molar-refractivity contribution < 1.29 is 9.18 Å². The largest absolute Gasteiger partial charge is 0.326 e. The second-order valence-electron chi connectivity index (χ2n) is 4.55. The van der Waals surface area contributed by atoms with E-state index in [1.165, 1.54) is 12.1 Å². The standard InChI is InChI=1S/C13H17FN2O/c1-9-5-11(14)7-12(6-9)16-13(17)10-3-2-4-15-8-10/h5-7,10,15H,2-4,8H2,1H3,(H,16,17). The number of carbonyl (C=O) groups excluding carboxylic acids is 1. The van der Waals surface area contributed by atoms with Crippen molar-refractivity contribution in [1.82, 2.24) is 5.32 Å². The SMILES string of the molecule is Cc1cc(F)cc(NC(=O)C2CCCNC2)c1. The van der Waals surface area contributed by atoms with Crippen molar-refractivity contribution in [2.75, 3.05) is 18.4 Å². The molecule has 0 radical (unpaired) electrons. The number of nitrogens with one attached hydrogen (secondary N) is 2. The zero-order valence-electron chi connectivity index (χ0n) is 9.92. The number of hydrogen-bond acceptors (Lipinski definition) is 2. The van der Waals surface area contributed by atoms with E-state index in [9.17, 15) is 9.18 Å². The molecule has 2 rings (SSSR count). The number of halogens is 1. The number of piperidine rings is 1. The molecule has 0 aromatic heterocycles. The van der Waals surface area contributed by atoms with Crippen LogP contribution in [0.3, 0.4) is 0 Å². The maximum atomic E-state index is 13.2. The first kappa shape index (κ1) is 12.0. The number of anilines is 1. The highest BCUT2D eigenvalue weighted by Crippen LogP contribution is 2.16. The number of amides is 1. The summed E-state index contributed by atoms with van der Waals surface area (Å²) < 4.78 is 13.2. The predicted molar refractivity (Wildman–Crippen MR) is 65.4 cm³/mol. The minimum absolute atomic E-state index is 0.00711. The monoisotopic (exact) mass is 236 g/mol. The maximum absolute atomic E-state index is 13.2. The number of aryl methyl sites for hydroxylation is 1. The molecule has 0 bridgehead atoms. The summed E-state index contributed by atoms with van der Waals surface area (Å²) in [6, 6.07) is 4.57. The Bertz CT molecular complexity index is 394.